The van der Waals surface area contributed by atoms with Crippen molar-refractivity contribution in [1.82, 2.24) is 29.9 Å². The van der Waals surface area contributed by atoms with E-state index in [1.165, 1.54) is 13.8 Å². The number of nitrogens with one attached hydrogen (secondary N) is 1. The molecule has 0 saturated carbocycles. The molecular formula is C24H16ClF8N7O. The number of aromatic nitrogens is 6. The lowest BCUT2D eigenvalue weighted by atomic mass is 10.2. The first kappa shape index (κ1) is 31.2. The van der Waals surface area contributed by atoms with E-state index in [2.05, 4.69) is 35.2 Å². The second-order valence-corrected chi connectivity index (χ2v) is 8.68. The number of hydrogen-bond donors (Lipinski definition) is 1. The van der Waals surface area contributed by atoms with Crippen LogP contribution in [0.1, 0.15) is 25.2 Å². The smallest absolute Gasteiger partial charge is 0.323 e. The van der Waals surface area contributed by atoms with Gasteiger partial charge < -0.3 is 5.32 Å². The van der Waals surface area contributed by atoms with Gasteiger partial charge in [-0.3, -0.25) is 14.8 Å². The van der Waals surface area contributed by atoms with Crippen molar-refractivity contribution in [3.8, 4) is 22.8 Å². The van der Waals surface area contributed by atoms with Crippen LogP contribution in [0.3, 0.4) is 0 Å². The molecule has 0 radical (unpaired) electrons. The Morgan fingerprint density at radius 2 is 1.22 bits per heavy atom. The van der Waals surface area contributed by atoms with Crippen LogP contribution in [0, 0.1) is 17.6 Å². The van der Waals surface area contributed by atoms with E-state index in [0.29, 0.717) is 0 Å². The molecule has 1 amide bonds. The van der Waals surface area contributed by atoms with Gasteiger partial charge in [-0.05, 0) is 12.1 Å². The number of alkyl halides is 6. The molecular weight excluding hydrogens is 590 g/mol. The van der Waals surface area contributed by atoms with E-state index in [0.717, 1.165) is 49.3 Å². The second kappa shape index (κ2) is 12.4. The third kappa shape index (κ3) is 8.33. The maximum atomic E-state index is 13.1. The number of carbonyl (C=O) groups excluding carboxylic acids is 1. The van der Waals surface area contributed by atoms with Gasteiger partial charge in [-0.15, -0.1) is 0 Å². The minimum atomic E-state index is -4.81. The Kier molecular flexibility index (Phi) is 9.47. The number of halogens is 9. The van der Waals surface area contributed by atoms with Gasteiger partial charge in [0.05, 0.1) is 35.5 Å². The highest BCUT2D eigenvalue weighted by atomic mass is 35.5. The Bertz CT molecular complexity index is 1550. The van der Waals surface area contributed by atoms with E-state index >= 15 is 0 Å². The summed E-state index contributed by atoms with van der Waals surface area (Å²) in [5.41, 5.74) is -3.09. The zero-order chi connectivity index (χ0) is 30.5. The van der Waals surface area contributed by atoms with Crippen molar-refractivity contribution in [3.63, 3.8) is 0 Å². The number of anilines is 1. The van der Waals surface area contributed by atoms with E-state index in [1.807, 2.05) is 0 Å². The summed E-state index contributed by atoms with van der Waals surface area (Å²) in [4.78, 5) is 32.7. The van der Waals surface area contributed by atoms with Gasteiger partial charge in [0.1, 0.15) is 11.6 Å². The molecule has 0 fully saturated rings. The van der Waals surface area contributed by atoms with Crippen LogP contribution < -0.4 is 5.32 Å². The molecule has 4 rings (SSSR count). The van der Waals surface area contributed by atoms with Crippen LogP contribution in [0.5, 0.6) is 0 Å². The van der Waals surface area contributed by atoms with Crippen molar-refractivity contribution in [2.24, 2.45) is 5.92 Å². The molecule has 216 valence electrons. The molecule has 8 nitrogen and oxygen atoms in total. The predicted octanol–water partition coefficient (Wildman–Crippen LogP) is 6.64. The molecule has 0 aliphatic heterocycles. The Balaban J connectivity index is 0.000000232. The van der Waals surface area contributed by atoms with Gasteiger partial charge in [0, 0.05) is 29.4 Å². The van der Waals surface area contributed by atoms with Gasteiger partial charge in [-0.2, -0.15) is 26.3 Å². The van der Waals surface area contributed by atoms with E-state index in [9.17, 15) is 39.9 Å². The summed E-state index contributed by atoms with van der Waals surface area (Å²) in [5, 5.41) is 1.52. The van der Waals surface area contributed by atoms with Gasteiger partial charge >= 0.3 is 12.4 Å². The minimum absolute atomic E-state index is 0.00256. The summed E-state index contributed by atoms with van der Waals surface area (Å²) in [5.74, 6) is -3.16. The Morgan fingerprint density at radius 3 is 1.66 bits per heavy atom. The topological polar surface area (TPSA) is 106 Å². The fourth-order valence-corrected chi connectivity index (χ4v) is 3.08. The summed E-state index contributed by atoms with van der Waals surface area (Å²) in [6, 6.07) is 1.95. The molecule has 1 N–H and O–H groups in total. The number of amides is 1. The fourth-order valence-electron chi connectivity index (χ4n) is 2.88. The van der Waals surface area contributed by atoms with Crippen LogP contribution in [-0.2, 0) is 17.1 Å². The van der Waals surface area contributed by atoms with Crippen molar-refractivity contribution >= 4 is 23.2 Å². The van der Waals surface area contributed by atoms with Crippen LogP contribution in [0.2, 0.25) is 5.02 Å². The molecule has 41 heavy (non-hydrogen) atoms. The third-order valence-electron chi connectivity index (χ3n) is 4.78. The van der Waals surface area contributed by atoms with Gasteiger partial charge in [-0.25, -0.2) is 28.7 Å². The molecule has 0 bridgehead atoms. The first-order chi connectivity index (χ1) is 19.1. The standard InChI is InChI=1S/C14H12F4N4O.C10H4ClF4N3/c1-7(2)13(23)21-10-6-20-12(22-11(10)14(16,17)18)8-3-9(15)5-19-4-8;11-7-4-17-9(18-8(7)10(13,14)15)5-1-6(12)3-16-2-5/h3-7H,1-2H3,(H,21,23);1-4H. The Labute approximate surface area is 230 Å². The van der Waals surface area contributed by atoms with Gasteiger partial charge in [0.25, 0.3) is 0 Å². The van der Waals surface area contributed by atoms with Crippen LogP contribution in [0.25, 0.3) is 22.8 Å². The molecule has 4 aromatic rings. The van der Waals surface area contributed by atoms with Crippen molar-refractivity contribution in [3.05, 3.63) is 77.4 Å². The summed E-state index contributed by atoms with van der Waals surface area (Å²) >= 11 is 5.36. The summed E-state index contributed by atoms with van der Waals surface area (Å²) in [7, 11) is 0. The highest BCUT2D eigenvalue weighted by Crippen LogP contribution is 2.35. The van der Waals surface area contributed by atoms with Crippen molar-refractivity contribution in [1.29, 1.82) is 0 Å². The normalized spacial score (nSPS) is 11.6. The number of carbonyl (C=O) groups is 1. The van der Waals surface area contributed by atoms with E-state index < -0.39 is 57.9 Å². The highest BCUT2D eigenvalue weighted by Gasteiger charge is 2.37. The monoisotopic (exact) mass is 605 g/mol. The van der Waals surface area contributed by atoms with Gasteiger partial charge in [0.15, 0.2) is 23.0 Å². The molecule has 0 saturated heterocycles. The SMILES string of the molecule is CC(C)C(=O)Nc1cnc(-c2cncc(F)c2)nc1C(F)(F)F.Fc1cncc(-c2ncc(Cl)c(C(F)(F)F)n2)c1. The van der Waals surface area contributed by atoms with Crippen LogP contribution in [0.15, 0.2) is 49.3 Å². The Morgan fingerprint density at radius 1 is 0.756 bits per heavy atom. The largest absolute Gasteiger partial charge is 0.435 e. The molecule has 17 heteroatoms. The van der Waals surface area contributed by atoms with E-state index in [-0.39, 0.29) is 22.8 Å². The van der Waals surface area contributed by atoms with Crippen LogP contribution in [0.4, 0.5) is 40.8 Å². The maximum Gasteiger partial charge on any atom is 0.435 e. The fraction of sp³-hybridized carbons (Fsp3) is 0.208. The first-order valence-electron chi connectivity index (χ1n) is 11.1. The van der Waals surface area contributed by atoms with Crippen molar-refractivity contribution in [2.75, 3.05) is 5.32 Å². The molecule has 0 aliphatic carbocycles. The number of rotatable bonds is 4. The van der Waals surface area contributed by atoms with Crippen LogP contribution >= 0.6 is 11.6 Å². The molecule has 0 spiro atoms. The number of pyridine rings is 2. The zero-order valence-corrected chi connectivity index (χ0v) is 21.4. The summed E-state index contributed by atoms with van der Waals surface area (Å²) in [6.07, 6.45) is -3.71. The zero-order valence-electron chi connectivity index (χ0n) is 20.7. The lowest BCUT2D eigenvalue weighted by molar-refractivity contribution is -0.141. The van der Waals surface area contributed by atoms with Crippen molar-refractivity contribution in [2.45, 2.75) is 26.2 Å². The molecule has 0 aliphatic rings. The minimum Gasteiger partial charge on any atom is -0.323 e. The lowest BCUT2D eigenvalue weighted by Gasteiger charge is -2.14. The molecule has 4 heterocycles. The average molecular weight is 606 g/mol. The molecule has 4 aromatic heterocycles. The summed E-state index contributed by atoms with van der Waals surface area (Å²) in [6.45, 7) is 3.08. The molecule has 0 unspecified atom stereocenters. The van der Waals surface area contributed by atoms with Crippen molar-refractivity contribution < 1.29 is 39.9 Å². The van der Waals surface area contributed by atoms with Crippen LogP contribution in [-0.4, -0.2) is 35.8 Å². The summed E-state index contributed by atoms with van der Waals surface area (Å²) < 4.78 is 103. The van der Waals surface area contributed by atoms with E-state index in [1.54, 1.807) is 0 Å². The highest BCUT2D eigenvalue weighted by molar-refractivity contribution is 6.31. The average Bonchev–Trinajstić information content (AvgIpc) is 2.88. The molecule has 0 aromatic carbocycles. The maximum absolute atomic E-state index is 13.1. The molecule has 0 atom stereocenters. The van der Waals surface area contributed by atoms with Gasteiger partial charge in [0.2, 0.25) is 5.91 Å². The van der Waals surface area contributed by atoms with Gasteiger partial charge in [-0.1, -0.05) is 25.4 Å². The first-order valence-corrected chi connectivity index (χ1v) is 11.5. The predicted molar refractivity (Wildman–Crippen MR) is 129 cm³/mol. The number of hydrogen-bond acceptors (Lipinski definition) is 7. The Hall–Kier alpha value is -4.34. The second-order valence-electron chi connectivity index (χ2n) is 8.27. The third-order valence-corrected chi connectivity index (χ3v) is 5.05. The van der Waals surface area contributed by atoms with E-state index in [4.69, 9.17) is 11.6 Å². The number of nitrogens with zero attached hydrogens (tertiary/aromatic N) is 6. The quantitative estimate of drug-likeness (QED) is 0.260. The lowest BCUT2D eigenvalue weighted by Crippen LogP contribution is -2.22.